The highest BCUT2D eigenvalue weighted by atomic mass is 16.3. The molecule has 2 N–H and O–H groups in total. The normalized spacial score (nSPS) is 13.8. The highest BCUT2D eigenvalue weighted by molar-refractivity contribution is 6.17. The zero-order valence-electron chi connectivity index (χ0n) is 31.8. The molecule has 238 valence electrons. The summed E-state index contributed by atoms with van der Waals surface area (Å²) in [5, 5.41) is 4.14. The van der Waals surface area contributed by atoms with E-state index in [0.717, 1.165) is 55.0 Å². The third-order valence-electron chi connectivity index (χ3n) is 8.99. The van der Waals surface area contributed by atoms with Crippen LogP contribution in [0, 0.1) is 0 Å². The van der Waals surface area contributed by atoms with E-state index in [4.69, 9.17) is 22.0 Å². The van der Waals surface area contributed by atoms with E-state index in [1.54, 1.807) is 0 Å². The van der Waals surface area contributed by atoms with Gasteiger partial charge in [0.05, 0.1) is 35.5 Å². The topological polar surface area (TPSA) is 68.8 Å². The van der Waals surface area contributed by atoms with Crippen molar-refractivity contribution in [1.29, 1.82) is 0 Å². The Labute approximate surface area is 296 Å². The SMILES string of the molecule is [2H]c1c([2H])c([2H])c(C(N)=NC(=NCc2ccccc2)c2ccc3c(c2)oc2cccc(-n4c5ccccc5c5cc(-c6ccccc6)ccc54)c23)c([2H])c1[2H]. The van der Waals surface area contributed by atoms with Gasteiger partial charge in [-0.05, 0) is 59.2 Å². The van der Waals surface area contributed by atoms with Crippen LogP contribution in [0.25, 0.3) is 60.6 Å². The van der Waals surface area contributed by atoms with Gasteiger partial charge in [0.1, 0.15) is 17.0 Å². The summed E-state index contributed by atoms with van der Waals surface area (Å²) in [6, 6.07) is 44.6. The number of aromatic nitrogens is 1. The first-order valence-electron chi connectivity index (χ1n) is 18.8. The second kappa shape index (κ2) is 12.4. The molecule has 0 unspecified atom stereocenters. The van der Waals surface area contributed by atoms with Gasteiger partial charge in [-0.15, -0.1) is 0 Å². The lowest BCUT2D eigenvalue weighted by atomic mass is 10.0. The minimum absolute atomic E-state index is 0.185. The van der Waals surface area contributed by atoms with E-state index in [-0.39, 0.29) is 23.8 Å². The van der Waals surface area contributed by atoms with Crippen molar-refractivity contribution < 1.29 is 11.3 Å². The van der Waals surface area contributed by atoms with Crippen LogP contribution >= 0.6 is 0 Å². The fraction of sp³-hybridized carbons (Fsp3) is 0.0222. The number of furan rings is 1. The predicted octanol–water partition coefficient (Wildman–Crippen LogP) is 10.7. The van der Waals surface area contributed by atoms with E-state index in [0.29, 0.717) is 16.7 Å². The number of hydrogen-bond donors (Lipinski definition) is 1. The first-order chi connectivity index (χ1) is 26.8. The van der Waals surface area contributed by atoms with Gasteiger partial charge in [-0.3, -0.25) is 4.99 Å². The van der Waals surface area contributed by atoms with Crippen LogP contribution in [-0.2, 0) is 6.54 Å². The summed E-state index contributed by atoms with van der Waals surface area (Å²) >= 11 is 0. The molecule has 0 spiro atoms. The Balaban J connectivity index is 1.21. The van der Waals surface area contributed by atoms with Gasteiger partial charge in [0.15, 0.2) is 5.84 Å². The van der Waals surface area contributed by atoms with E-state index >= 15 is 0 Å². The first kappa shape index (κ1) is 24.4. The molecule has 5 nitrogen and oxygen atoms in total. The largest absolute Gasteiger partial charge is 0.456 e. The van der Waals surface area contributed by atoms with Crippen molar-refractivity contribution in [3.63, 3.8) is 0 Å². The smallest absolute Gasteiger partial charge is 0.157 e. The van der Waals surface area contributed by atoms with Crippen LogP contribution in [0.1, 0.15) is 23.5 Å². The van der Waals surface area contributed by atoms with Gasteiger partial charge in [-0.25, -0.2) is 4.99 Å². The molecule has 0 fully saturated rings. The van der Waals surface area contributed by atoms with Gasteiger partial charge in [-0.2, -0.15) is 0 Å². The lowest BCUT2D eigenvalue weighted by Gasteiger charge is -2.10. The Morgan fingerprint density at radius 2 is 1.38 bits per heavy atom. The molecule has 9 rings (SSSR count). The number of rotatable bonds is 6. The minimum Gasteiger partial charge on any atom is -0.456 e. The molecular weight excluding hydrogens is 613 g/mol. The molecule has 0 bridgehead atoms. The number of aliphatic imine (C=N–C) groups is 2. The molecule has 0 saturated heterocycles. The van der Waals surface area contributed by atoms with Crippen LogP contribution in [0.2, 0.25) is 0 Å². The maximum absolute atomic E-state index is 8.46. The molecule has 0 aliphatic rings. The summed E-state index contributed by atoms with van der Waals surface area (Å²) in [6.07, 6.45) is 0. The molecule has 0 saturated carbocycles. The zero-order chi connectivity index (χ0) is 37.8. The molecule has 0 atom stereocenters. The molecule has 0 aliphatic heterocycles. The highest BCUT2D eigenvalue weighted by Crippen LogP contribution is 2.40. The highest BCUT2D eigenvalue weighted by Gasteiger charge is 2.19. The van der Waals surface area contributed by atoms with Gasteiger partial charge in [0.25, 0.3) is 0 Å². The molecule has 0 radical (unpaired) electrons. The van der Waals surface area contributed by atoms with E-state index in [1.807, 2.05) is 66.7 Å². The van der Waals surface area contributed by atoms with Crippen molar-refractivity contribution in [2.45, 2.75) is 6.54 Å². The van der Waals surface area contributed by atoms with E-state index < -0.39 is 30.2 Å². The van der Waals surface area contributed by atoms with Crippen LogP contribution in [-0.4, -0.2) is 16.2 Å². The number of fused-ring (bicyclic) bond motifs is 6. The lowest BCUT2D eigenvalue weighted by Crippen LogP contribution is -2.16. The summed E-state index contributed by atoms with van der Waals surface area (Å²) in [6.45, 7) is 0.273. The Hall–Kier alpha value is -6.72. The summed E-state index contributed by atoms with van der Waals surface area (Å²) in [5.41, 5.74) is 14.5. The number of benzene rings is 7. The van der Waals surface area contributed by atoms with Crippen LogP contribution < -0.4 is 5.73 Å². The number of amidine groups is 2. The molecule has 2 aromatic heterocycles. The summed E-state index contributed by atoms with van der Waals surface area (Å²) in [7, 11) is 0. The Kier molecular flexibility index (Phi) is 6.05. The lowest BCUT2D eigenvalue weighted by molar-refractivity contribution is 0.668. The third-order valence-corrected chi connectivity index (χ3v) is 8.99. The summed E-state index contributed by atoms with van der Waals surface area (Å²) in [4.78, 5) is 9.43. The molecule has 5 heteroatoms. The summed E-state index contributed by atoms with van der Waals surface area (Å²) < 4.78 is 50.1. The van der Waals surface area contributed by atoms with Crippen LogP contribution in [0.3, 0.4) is 0 Å². The van der Waals surface area contributed by atoms with Gasteiger partial charge in [0.2, 0.25) is 0 Å². The van der Waals surface area contributed by atoms with Crippen LogP contribution in [0.15, 0.2) is 184 Å². The maximum atomic E-state index is 8.46. The monoisotopic (exact) mass is 649 g/mol. The molecule has 50 heavy (non-hydrogen) atoms. The number of para-hydroxylation sites is 1. The molecule has 9 aromatic rings. The molecule has 7 aromatic carbocycles. The first-order valence-corrected chi connectivity index (χ1v) is 16.3. The van der Waals surface area contributed by atoms with Crippen molar-refractivity contribution in [2.24, 2.45) is 15.7 Å². The van der Waals surface area contributed by atoms with Crippen molar-refractivity contribution in [1.82, 2.24) is 4.57 Å². The van der Waals surface area contributed by atoms with Gasteiger partial charge in [-0.1, -0.05) is 127 Å². The molecule has 2 heterocycles. The summed E-state index contributed by atoms with van der Waals surface area (Å²) in [5.74, 6) is -0.00931. The van der Waals surface area contributed by atoms with Crippen molar-refractivity contribution in [3.8, 4) is 16.8 Å². The van der Waals surface area contributed by atoms with E-state index in [1.165, 1.54) is 0 Å². The molecule has 0 aliphatic carbocycles. The van der Waals surface area contributed by atoms with E-state index in [2.05, 4.69) is 82.4 Å². The third kappa shape index (κ3) is 5.22. The Morgan fingerprint density at radius 1 is 0.620 bits per heavy atom. The average Bonchev–Trinajstić information content (AvgIpc) is 3.77. The second-order valence-corrected chi connectivity index (χ2v) is 12.0. The molecule has 0 amide bonds. The Morgan fingerprint density at radius 3 is 2.22 bits per heavy atom. The predicted molar refractivity (Wildman–Crippen MR) is 207 cm³/mol. The van der Waals surface area contributed by atoms with Crippen LogP contribution in [0.5, 0.6) is 0 Å². The fourth-order valence-corrected chi connectivity index (χ4v) is 6.66. The quantitative estimate of drug-likeness (QED) is 0.144. The second-order valence-electron chi connectivity index (χ2n) is 12.0. The standard InChI is InChI=1S/C45H32N4O/c46-44(32-17-8-3-9-18-32)48-45(47-29-30-13-4-1-5-14-30)34-23-25-36-42(28-34)50-41-22-12-21-40(43(36)41)49-38-20-11-10-19-35(38)37-27-33(24-26-39(37)49)31-15-6-2-7-16-31/h1-28H,29H2,(H2,46,47,48)/i3D,8D,9D,17D,18D. The van der Waals surface area contributed by atoms with Gasteiger partial charge in [0, 0.05) is 27.3 Å². The van der Waals surface area contributed by atoms with Crippen LogP contribution in [0.4, 0.5) is 0 Å². The molecular formula is C45H32N4O. The number of hydrogen-bond acceptors (Lipinski definition) is 2. The van der Waals surface area contributed by atoms with Gasteiger partial charge < -0.3 is 14.7 Å². The minimum atomic E-state index is -0.503. The zero-order valence-corrected chi connectivity index (χ0v) is 26.8. The van der Waals surface area contributed by atoms with Crippen molar-refractivity contribution >= 4 is 55.4 Å². The van der Waals surface area contributed by atoms with Crippen molar-refractivity contribution in [2.75, 3.05) is 0 Å². The Bertz CT molecular complexity index is 2990. The average molecular weight is 650 g/mol. The van der Waals surface area contributed by atoms with Gasteiger partial charge >= 0.3 is 0 Å². The van der Waals surface area contributed by atoms with Crippen molar-refractivity contribution in [3.05, 3.63) is 186 Å². The maximum Gasteiger partial charge on any atom is 0.157 e. The number of nitrogens with two attached hydrogens (primary N) is 1. The fourth-order valence-electron chi connectivity index (χ4n) is 6.66. The van der Waals surface area contributed by atoms with E-state index in [9.17, 15) is 0 Å². The number of nitrogens with zero attached hydrogens (tertiary/aromatic N) is 3.